The SMILES string of the molecule is COc1nc(-c2cc(O[Si](C(C)C)(C(C)C)C(C)C)cc3ccc(F)c(C#C[Si](C(C)C)(C(C)C)C(C)C)c23)c(F)c2nc(SC)nc(N3C[C@H]4CC[C@@H](C3)N4C(=O)O)c12. The van der Waals surface area contributed by atoms with Crippen LogP contribution in [0.15, 0.2) is 29.4 Å². The summed E-state index contributed by atoms with van der Waals surface area (Å²) in [6, 6.07) is 6.49. The number of hydrogen-bond donors (Lipinski definition) is 1. The minimum Gasteiger partial charge on any atom is -0.543 e. The van der Waals surface area contributed by atoms with Crippen LogP contribution in [0, 0.1) is 23.1 Å². The van der Waals surface area contributed by atoms with Gasteiger partial charge in [0.1, 0.15) is 42.1 Å². The Bertz CT molecular complexity index is 2290. The van der Waals surface area contributed by atoms with Crippen molar-refractivity contribution < 1.29 is 27.8 Å². The Balaban J connectivity index is 1.69. The fourth-order valence-corrected chi connectivity index (χ4v) is 21.9. The standard InChI is InChI=1S/C46H63F2N5O4SSi2/c1-25(2)59(26(3)4,27(5)6)20-19-35-37(47)18-15-31-21-34(57-60(28(7)8,29(9)10)30(11)12)22-36(38(31)35)41-40(48)42-39(44(49-41)56-13)43(51-45(50-42)58-14)52-23-32-16-17-33(24-52)53(32)46(54)55/h15,18,21-22,25-30,32-33H,16-17,23-24H2,1-14H3,(H,54,55)/t32-,33+. The second kappa shape index (κ2) is 17.4. The fraction of sp³-hybridized carbons (Fsp3) is 0.565. The summed E-state index contributed by atoms with van der Waals surface area (Å²) >= 11 is 1.29. The molecule has 1 N–H and O–H groups in total. The van der Waals surface area contributed by atoms with Crippen molar-refractivity contribution in [2.24, 2.45) is 0 Å². The minimum absolute atomic E-state index is 0.0174. The third-order valence-electron chi connectivity index (χ3n) is 13.7. The van der Waals surface area contributed by atoms with Crippen molar-refractivity contribution >= 4 is 61.7 Å². The molecule has 2 bridgehead atoms. The Kier molecular flexibility index (Phi) is 13.3. The number of halogens is 2. The van der Waals surface area contributed by atoms with E-state index in [9.17, 15) is 9.90 Å². The maximum atomic E-state index is 17.9. The van der Waals surface area contributed by atoms with E-state index in [2.05, 4.69) is 94.5 Å². The Morgan fingerprint density at radius 3 is 1.93 bits per heavy atom. The van der Waals surface area contributed by atoms with Gasteiger partial charge < -0.3 is 19.2 Å². The molecule has 0 aliphatic carbocycles. The number of ether oxygens (including phenoxy) is 1. The third-order valence-corrected chi connectivity index (χ3v) is 26.5. The van der Waals surface area contributed by atoms with E-state index in [1.165, 1.54) is 29.8 Å². The molecule has 2 fully saturated rings. The van der Waals surface area contributed by atoms with Gasteiger partial charge >= 0.3 is 6.09 Å². The van der Waals surface area contributed by atoms with Crippen molar-refractivity contribution in [1.82, 2.24) is 19.9 Å². The average molecular weight is 876 g/mol. The first-order chi connectivity index (χ1) is 28.2. The predicted molar refractivity (Wildman–Crippen MR) is 247 cm³/mol. The normalized spacial score (nSPS) is 17.3. The van der Waals surface area contributed by atoms with Gasteiger partial charge in [0.2, 0.25) is 5.88 Å². The third kappa shape index (κ3) is 7.65. The summed E-state index contributed by atoms with van der Waals surface area (Å²) in [5.74, 6) is 3.33. The highest BCUT2D eigenvalue weighted by Crippen LogP contribution is 2.47. The number of rotatable bonds is 12. The van der Waals surface area contributed by atoms with Gasteiger partial charge in [-0.3, -0.25) is 4.90 Å². The lowest BCUT2D eigenvalue weighted by atomic mass is 9.95. The van der Waals surface area contributed by atoms with Crippen LogP contribution in [-0.4, -0.2) is 86.0 Å². The molecule has 4 heterocycles. The van der Waals surface area contributed by atoms with Crippen LogP contribution in [0.1, 0.15) is 101 Å². The maximum absolute atomic E-state index is 17.9. The molecule has 14 heteroatoms. The molecule has 9 nitrogen and oxygen atoms in total. The number of benzene rings is 2. The predicted octanol–water partition coefficient (Wildman–Crippen LogP) is 12.3. The topological polar surface area (TPSA) is 101 Å². The molecular formula is C46H63F2N5O4SSi2. The van der Waals surface area contributed by atoms with E-state index in [0.717, 1.165) is 12.8 Å². The molecule has 6 rings (SSSR count). The number of amides is 1. The molecular weight excluding hydrogens is 813 g/mol. The summed E-state index contributed by atoms with van der Waals surface area (Å²) < 4.78 is 47.7. The van der Waals surface area contributed by atoms with E-state index >= 15 is 8.78 Å². The van der Waals surface area contributed by atoms with E-state index in [-0.39, 0.29) is 51.4 Å². The smallest absolute Gasteiger partial charge is 0.407 e. The van der Waals surface area contributed by atoms with Gasteiger partial charge in [-0.1, -0.05) is 107 Å². The highest BCUT2D eigenvalue weighted by Gasteiger charge is 2.48. The van der Waals surface area contributed by atoms with Crippen LogP contribution in [0.4, 0.5) is 19.4 Å². The van der Waals surface area contributed by atoms with Crippen LogP contribution in [0.25, 0.3) is 32.9 Å². The molecule has 2 aliphatic rings. The average Bonchev–Trinajstić information content (AvgIpc) is 3.46. The molecule has 2 atom stereocenters. The Morgan fingerprint density at radius 2 is 1.43 bits per heavy atom. The second-order valence-electron chi connectivity index (χ2n) is 18.6. The molecule has 0 unspecified atom stereocenters. The van der Waals surface area contributed by atoms with Gasteiger partial charge in [0.05, 0.1) is 24.8 Å². The van der Waals surface area contributed by atoms with Crippen molar-refractivity contribution in [3.8, 4) is 34.4 Å². The highest BCUT2D eigenvalue weighted by atomic mass is 32.2. The molecule has 0 radical (unpaired) electrons. The summed E-state index contributed by atoms with van der Waals surface area (Å²) in [6.45, 7) is 27.4. The van der Waals surface area contributed by atoms with Crippen LogP contribution in [-0.2, 0) is 0 Å². The van der Waals surface area contributed by atoms with E-state index in [1.54, 1.807) is 6.07 Å². The molecule has 2 aromatic carbocycles. The number of fused-ring (bicyclic) bond motifs is 4. The summed E-state index contributed by atoms with van der Waals surface area (Å²) in [4.78, 5) is 30.3. The van der Waals surface area contributed by atoms with Gasteiger partial charge in [0.15, 0.2) is 11.0 Å². The molecule has 4 aromatic rings. The van der Waals surface area contributed by atoms with Crippen molar-refractivity contribution in [3.63, 3.8) is 0 Å². The number of nitrogens with zero attached hydrogens (tertiary/aromatic N) is 5. The van der Waals surface area contributed by atoms with Crippen LogP contribution < -0.4 is 14.1 Å². The first-order valence-corrected chi connectivity index (χ1v) is 27.1. The van der Waals surface area contributed by atoms with Crippen molar-refractivity contribution in [3.05, 3.63) is 41.5 Å². The first-order valence-electron chi connectivity index (χ1n) is 21.5. The zero-order chi connectivity index (χ0) is 44.2. The zero-order valence-electron chi connectivity index (χ0n) is 37.8. The Labute approximate surface area is 361 Å². The summed E-state index contributed by atoms with van der Waals surface area (Å²) in [6.07, 6.45) is 2.36. The largest absolute Gasteiger partial charge is 0.543 e. The fourth-order valence-electron chi connectivity index (χ4n) is 11.1. The summed E-state index contributed by atoms with van der Waals surface area (Å²) in [7, 11) is -3.36. The number of carbonyl (C=O) groups is 1. The van der Waals surface area contributed by atoms with Gasteiger partial charge in [-0.2, -0.15) is 0 Å². The van der Waals surface area contributed by atoms with Crippen molar-refractivity contribution in [2.45, 2.75) is 146 Å². The van der Waals surface area contributed by atoms with Gasteiger partial charge in [-0.15, -0.1) is 5.54 Å². The molecule has 0 spiro atoms. The number of aromatic nitrogens is 3. The number of carboxylic acid groups (broad SMARTS) is 1. The Hall–Kier alpha value is -3.94. The van der Waals surface area contributed by atoms with Crippen LogP contribution in [0.3, 0.4) is 0 Å². The number of hydrogen-bond acceptors (Lipinski definition) is 8. The van der Waals surface area contributed by atoms with E-state index in [0.29, 0.717) is 68.2 Å². The lowest BCUT2D eigenvalue weighted by Crippen LogP contribution is -2.55. The zero-order valence-corrected chi connectivity index (χ0v) is 40.6. The number of methoxy groups -OCH3 is 1. The van der Waals surface area contributed by atoms with E-state index < -0.39 is 34.1 Å². The van der Waals surface area contributed by atoms with Gasteiger partial charge in [0.25, 0.3) is 8.32 Å². The van der Waals surface area contributed by atoms with Gasteiger partial charge in [0, 0.05) is 24.0 Å². The monoisotopic (exact) mass is 875 g/mol. The minimum atomic E-state index is -2.52. The second-order valence-corrected chi connectivity index (χ2v) is 30.3. The van der Waals surface area contributed by atoms with Crippen molar-refractivity contribution in [2.75, 3.05) is 31.4 Å². The summed E-state index contributed by atoms with van der Waals surface area (Å²) in [5, 5.41) is 11.7. The lowest BCUT2D eigenvalue weighted by molar-refractivity contribution is 0.114. The van der Waals surface area contributed by atoms with Gasteiger partial charge in [-0.05, 0) is 75.9 Å². The molecule has 1 amide bonds. The number of piperazine rings is 1. The number of thioether (sulfide) groups is 1. The molecule has 2 saturated heterocycles. The molecule has 2 aliphatic heterocycles. The first kappa shape index (κ1) is 45.6. The van der Waals surface area contributed by atoms with Crippen LogP contribution >= 0.6 is 11.8 Å². The van der Waals surface area contributed by atoms with E-state index in [1.807, 2.05) is 23.3 Å². The lowest BCUT2D eigenvalue weighted by Gasteiger charge is -2.42. The number of pyridine rings is 1. The quantitative estimate of drug-likeness (QED) is 0.0645. The highest BCUT2D eigenvalue weighted by molar-refractivity contribution is 7.98. The molecule has 324 valence electrons. The van der Waals surface area contributed by atoms with Crippen LogP contribution in [0.5, 0.6) is 11.6 Å². The van der Waals surface area contributed by atoms with Crippen LogP contribution in [0.2, 0.25) is 33.2 Å². The number of anilines is 1. The summed E-state index contributed by atoms with van der Waals surface area (Å²) in [5.41, 5.74) is 5.95. The van der Waals surface area contributed by atoms with E-state index in [4.69, 9.17) is 24.1 Å². The maximum Gasteiger partial charge on any atom is 0.407 e. The Morgan fingerprint density at radius 1 is 0.850 bits per heavy atom. The molecule has 60 heavy (non-hydrogen) atoms. The molecule has 0 saturated carbocycles. The van der Waals surface area contributed by atoms with Gasteiger partial charge in [-0.25, -0.2) is 28.5 Å². The van der Waals surface area contributed by atoms with Crippen molar-refractivity contribution in [1.29, 1.82) is 0 Å². The molecule has 2 aromatic heterocycles.